The first-order valence-corrected chi connectivity index (χ1v) is 4.42. The number of aliphatic carboxylic acids is 1. The highest BCUT2D eigenvalue weighted by atomic mass is 16.4. The first kappa shape index (κ1) is 8.29. The molecule has 1 aromatic heterocycles. The lowest BCUT2D eigenvalue weighted by Gasteiger charge is -2.19. The molecule has 4 nitrogen and oxygen atoms in total. The second kappa shape index (κ2) is 2.87. The van der Waals surface area contributed by atoms with Gasteiger partial charge in [-0.25, -0.2) is 4.98 Å². The third-order valence-corrected chi connectivity index (χ3v) is 2.46. The normalized spacial score (nSPS) is 21.2. The number of hydrogen-bond acceptors (Lipinski definition) is 2. The number of hydrogen-bond donors (Lipinski definition) is 1. The summed E-state index contributed by atoms with van der Waals surface area (Å²) in [7, 11) is 0. The third kappa shape index (κ3) is 1.43. The van der Waals surface area contributed by atoms with Crippen LogP contribution in [0.3, 0.4) is 0 Å². The Morgan fingerprint density at radius 2 is 2.54 bits per heavy atom. The minimum absolute atomic E-state index is 0.235. The number of carboxylic acids is 1. The summed E-state index contributed by atoms with van der Waals surface area (Å²) in [5, 5.41) is 8.84. The molecular weight excluding hydrogens is 168 g/mol. The number of rotatable bonds is 1. The molecule has 2 heterocycles. The molecule has 1 aliphatic heterocycles. The molecule has 0 aromatic carbocycles. The van der Waals surface area contributed by atoms with Crippen LogP contribution in [0.15, 0.2) is 6.20 Å². The van der Waals surface area contributed by atoms with Gasteiger partial charge >= 0.3 is 5.97 Å². The number of carboxylic acid groups (broad SMARTS) is 1. The Bertz CT molecular complexity index is 343. The third-order valence-electron chi connectivity index (χ3n) is 2.46. The molecular formula is C9H12N2O2. The zero-order chi connectivity index (χ0) is 9.42. The lowest BCUT2D eigenvalue weighted by atomic mass is 10.00. The maximum absolute atomic E-state index is 10.7. The maximum Gasteiger partial charge on any atom is 0.308 e. The Balaban J connectivity index is 2.24. The van der Waals surface area contributed by atoms with Gasteiger partial charge in [-0.05, 0) is 13.3 Å². The average Bonchev–Trinajstić information content (AvgIpc) is 2.42. The van der Waals surface area contributed by atoms with Crippen molar-refractivity contribution < 1.29 is 9.90 Å². The Kier molecular flexibility index (Phi) is 1.83. The Labute approximate surface area is 76.2 Å². The van der Waals surface area contributed by atoms with Crippen LogP contribution >= 0.6 is 0 Å². The van der Waals surface area contributed by atoms with Crippen LogP contribution in [0.1, 0.15) is 17.9 Å². The molecule has 1 aliphatic rings. The average molecular weight is 180 g/mol. The number of imidazole rings is 1. The summed E-state index contributed by atoms with van der Waals surface area (Å²) in [6.45, 7) is 2.51. The fourth-order valence-corrected chi connectivity index (χ4v) is 1.79. The van der Waals surface area contributed by atoms with Crippen molar-refractivity contribution in [2.45, 2.75) is 26.3 Å². The van der Waals surface area contributed by atoms with E-state index in [9.17, 15) is 4.79 Å². The SMILES string of the molecule is Cc1cn2c(n1)CC[C@@H](C(=O)O)C2. The second-order valence-corrected chi connectivity index (χ2v) is 3.52. The molecule has 0 spiro atoms. The predicted molar refractivity (Wildman–Crippen MR) is 46.4 cm³/mol. The fraction of sp³-hybridized carbons (Fsp3) is 0.556. The van der Waals surface area contributed by atoms with E-state index in [1.165, 1.54) is 0 Å². The second-order valence-electron chi connectivity index (χ2n) is 3.52. The number of fused-ring (bicyclic) bond motifs is 1. The molecule has 0 aliphatic carbocycles. The molecule has 2 rings (SSSR count). The van der Waals surface area contributed by atoms with Gasteiger partial charge in [-0.3, -0.25) is 4.79 Å². The van der Waals surface area contributed by atoms with Crippen molar-refractivity contribution in [3.8, 4) is 0 Å². The van der Waals surface area contributed by atoms with Gasteiger partial charge in [0.1, 0.15) is 5.82 Å². The largest absolute Gasteiger partial charge is 0.481 e. The molecule has 1 N–H and O–H groups in total. The van der Waals surface area contributed by atoms with Gasteiger partial charge in [-0.1, -0.05) is 0 Å². The Morgan fingerprint density at radius 1 is 1.77 bits per heavy atom. The predicted octanol–water partition coefficient (Wildman–Crippen LogP) is 0.839. The van der Waals surface area contributed by atoms with E-state index in [-0.39, 0.29) is 5.92 Å². The molecule has 0 bridgehead atoms. The summed E-state index contributed by atoms with van der Waals surface area (Å²) in [5.41, 5.74) is 0.973. The van der Waals surface area contributed by atoms with E-state index in [1.54, 1.807) is 0 Å². The zero-order valence-corrected chi connectivity index (χ0v) is 7.53. The number of aromatic nitrogens is 2. The van der Waals surface area contributed by atoms with Crippen LogP contribution < -0.4 is 0 Å². The van der Waals surface area contributed by atoms with E-state index in [0.29, 0.717) is 13.0 Å². The van der Waals surface area contributed by atoms with Crippen LogP contribution in [-0.4, -0.2) is 20.6 Å². The lowest BCUT2D eigenvalue weighted by Crippen LogP contribution is -2.26. The van der Waals surface area contributed by atoms with E-state index < -0.39 is 5.97 Å². The van der Waals surface area contributed by atoms with Gasteiger partial charge in [0, 0.05) is 19.2 Å². The van der Waals surface area contributed by atoms with Crippen LogP contribution in [-0.2, 0) is 17.8 Å². The molecule has 0 unspecified atom stereocenters. The van der Waals surface area contributed by atoms with Gasteiger partial charge in [0.2, 0.25) is 0 Å². The van der Waals surface area contributed by atoms with Crippen LogP contribution in [0.25, 0.3) is 0 Å². The highest BCUT2D eigenvalue weighted by Gasteiger charge is 2.24. The van der Waals surface area contributed by atoms with E-state index in [1.807, 2.05) is 17.7 Å². The quantitative estimate of drug-likeness (QED) is 0.696. The first-order valence-electron chi connectivity index (χ1n) is 4.42. The van der Waals surface area contributed by atoms with Crippen molar-refractivity contribution in [1.82, 2.24) is 9.55 Å². The maximum atomic E-state index is 10.7. The van der Waals surface area contributed by atoms with Crippen LogP contribution in [0.2, 0.25) is 0 Å². The molecule has 0 fully saturated rings. The molecule has 0 radical (unpaired) electrons. The highest BCUT2D eigenvalue weighted by molar-refractivity contribution is 5.70. The monoisotopic (exact) mass is 180 g/mol. The van der Waals surface area contributed by atoms with Crippen molar-refractivity contribution in [2.24, 2.45) is 5.92 Å². The Morgan fingerprint density at radius 3 is 3.23 bits per heavy atom. The van der Waals surface area contributed by atoms with E-state index >= 15 is 0 Å². The lowest BCUT2D eigenvalue weighted by molar-refractivity contribution is -0.142. The van der Waals surface area contributed by atoms with E-state index in [0.717, 1.165) is 17.9 Å². The summed E-state index contributed by atoms with van der Waals surface area (Å²) < 4.78 is 1.96. The zero-order valence-electron chi connectivity index (χ0n) is 7.53. The van der Waals surface area contributed by atoms with Gasteiger partial charge in [0.25, 0.3) is 0 Å². The van der Waals surface area contributed by atoms with Crippen LogP contribution in [0, 0.1) is 12.8 Å². The standard InChI is InChI=1S/C9H12N2O2/c1-6-4-11-5-7(9(12)13)2-3-8(11)10-6/h4,7H,2-3,5H2,1H3,(H,12,13)/t7-/m1/s1. The van der Waals surface area contributed by atoms with Gasteiger partial charge in [0.15, 0.2) is 0 Å². The van der Waals surface area contributed by atoms with Crippen molar-refractivity contribution in [2.75, 3.05) is 0 Å². The summed E-state index contributed by atoms with van der Waals surface area (Å²) in [6, 6.07) is 0. The summed E-state index contributed by atoms with van der Waals surface area (Å²) in [5.74, 6) is 0.0908. The molecule has 4 heteroatoms. The first-order chi connectivity index (χ1) is 6.16. The van der Waals surface area contributed by atoms with Gasteiger partial charge in [-0.15, -0.1) is 0 Å². The molecule has 70 valence electrons. The summed E-state index contributed by atoms with van der Waals surface area (Å²) in [6.07, 6.45) is 3.42. The van der Waals surface area contributed by atoms with Crippen molar-refractivity contribution in [3.63, 3.8) is 0 Å². The van der Waals surface area contributed by atoms with Crippen molar-refractivity contribution in [1.29, 1.82) is 0 Å². The molecule has 0 amide bonds. The molecule has 13 heavy (non-hydrogen) atoms. The smallest absolute Gasteiger partial charge is 0.308 e. The van der Waals surface area contributed by atoms with Crippen LogP contribution in [0.5, 0.6) is 0 Å². The van der Waals surface area contributed by atoms with Crippen LogP contribution in [0.4, 0.5) is 0 Å². The van der Waals surface area contributed by atoms with Gasteiger partial charge in [0.05, 0.1) is 11.6 Å². The van der Waals surface area contributed by atoms with E-state index in [4.69, 9.17) is 5.11 Å². The molecule has 0 saturated carbocycles. The fourth-order valence-electron chi connectivity index (χ4n) is 1.79. The summed E-state index contributed by atoms with van der Waals surface area (Å²) >= 11 is 0. The van der Waals surface area contributed by atoms with Crippen molar-refractivity contribution >= 4 is 5.97 Å². The highest BCUT2D eigenvalue weighted by Crippen LogP contribution is 2.19. The molecule has 1 atom stereocenters. The van der Waals surface area contributed by atoms with Gasteiger partial charge < -0.3 is 9.67 Å². The minimum atomic E-state index is -0.697. The number of aryl methyl sites for hydroxylation is 2. The Hall–Kier alpha value is -1.32. The number of nitrogens with zero attached hydrogens (tertiary/aromatic N) is 2. The minimum Gasteiger partial charge on any atom is -0.481 e. The summed E-state index contributed by atoms with van der Waals surface area (Å²) in [4.78, 5) is 15.1. The molecule has 1 aromatic rings. The number of carbonyl (C=O) groups is 1. The van der Waals surface area contributed by atoms with E-state index in [2.05, 4.69) is 4.98 Å². The molecule has 0 saturated heterocycles. The van der Waals surface area contributed by atoms with Crippen molar-refractivity contribution in [3.05, 3.63) is 17.7 Å². The topological polar surface area (TPSA) is 55.1 Å². The van der Waals surface area contributed by atoms with Gasteiger partial charge in [-0.2, -0.15) is 0 Å².